The van der Waals surface area contributed by atoms with Crippen LogP contribution in [0.25, 0.3) is 0 Å². The largest absolute Gasteiger partial charge is 0.480 e. The molecular weight excluding hydrogens is 298 g/mol. The van der Waals surface area contributed by atoms with Gasteiger partial charge in [-0.2, -0.15) is 0 Å². The smallest absolute Gasteiger partial charge is 0.326 e. The number of carbonyl (C=O) groups excluding carboxylic acids is 2. The van der Waals surface area contributed by atoms with Crippen LogP contribution in [0.15, 0.2) is 24.3 Å². The molecule has 4 N–H and O–H groups in total. The summed E-state index contributed by atoms with van der Waals surface area (Å²) in [5, 5.41) is 16.5. The third-order valence-electron chi connectivity index (χ3n) is 3.48. The number of rotatable bonds is 7. The molecule has 1 aromatic rings. The maximum absolute atomic E-state index is 11.8. The van der Waals surface area contributed by atoms with Gasteiger partial charge < -0.3 is 21.1 Å². The normalized spacial score (nSPS) is 12.8. The summed E-state index contributed by atoms with van der Waals surface area (Å²) in [6, 6.07) is 5.74. The van der Waals surface area contributed by atoms with Crippen LogP contribution in [-0.2, 0) is 9.59 Å². The van der Waals surface area contributed by atoms with Crippen molar-refractivity contribution in [1.29, 1.82) is 0 Å². The van der Waals surface area contributed by atoms with Crippen LogP contribution in [-0.4, -0.2) is 35.6 Å². The van der Waals surface area contributed by atoms with E-state index in [4.69, 9.17) is 5.11 Å². The van der Waals surface area contributed by atoms with E-state index in [9.17, 15) is 14.4 Å². The van der Waals surface area contributed by atoms with Gasteiger partial charge in [0.05, 0.1) is 6.54 Å². The molecule has 0 aliphatic heterocycles. The highest BCUT2D eigenvalue weighted by molar-refractivity contribution is 5.93. The molecule has 0 unspecified atom stereocenters. The average Bonchev–Trinajstić information content (AvgIpc) is 2.49. The van der Waals surface area contributed by atoms with Crippen LogP contribution < -0.4 is 16.0 Å². The van der Waals surface area contributed by atoms with Crippen molar-refractivity contribution in [3.8, 4) is 0 Å². The zero-order valence-electron chi connectivity index (χ0n) is 13.6. The van der Waals surface area contributed by atoms with Crippen molar-refractivity contribution in [3.05, 3.63) is 29.8 Å². The third kappa shape index (κ3) is 6.37. The minimum atomic E-state index is -1.09. The first-order chi connectivity index (χ1) is 10.8. The average molecular weight is 321 g/mol. The lowest BCUT2D eigenvalue weighted by atomic mass is 9.99. The van der Waals surface area contributed by atoms with E-state index in [0.717, 1.165) is 5.56 Å². The van der Waals surface area contributed by atoms with Gasteiger partial charge in [0.2, 0.25) is 5.91 Å². The van der Waals surface area contributed by atoms with Gasteiger partial charge in [-0.15, -0.1) is 0 Å². The molecule has 0 spiro atoms. The molecule has 0 saturated carbocycles. The molecule has 0 aliphatic rings. The Morgan fingerprint density at radius 2 is 1.96 bits per heavy atom. The fourth-order valence-corrected chi connectivity index (χ4v) is 1.97. The number of aryl methyl sites for hydroxylation is 1. The Bertz CT molecular complexity index is 574. The number of carboxylic acids is 1. The van der Waals surface area contributed by atoms with E-state index >= 15 is 0 Å². The molecule has 7 nitrogen and oxygen atoms in total. The standard InChI is InChI=1S/C16H23N3O4/c1-4-11(3)14(15(21)22)19-13(20)9-17-16(23)18-12-7-5-6-10(2)8-12/h5-8,11,14H,4,9H2,1-3H3,(H,19,20)(H,21,22)(H2,17,18,23)/t11-,14-/m0/s1. The molecule has 1 aromatic carbocycles. The zero-order valence-corrected chi connectivity index (χ0v) is 13.6. The van der Waals surface area contributed by atoms with Crippen molar-refractivity contribution in [2.45, 2.75) is 33.2 Å². The Balaban J connectivity index is 2.45. The van der Waals surface area contributed by atoms with Gasteiger partial charge in [-0.1, -0.05) is 32.4 Å². The highest BCUT2D eigenvalue weighted by Crippen LogP contribution is 2.09. The van der Waals surface area contributed by atoms with E-state index in [0.29, 0.717) is 12.1 Å². The molecular formula is C16H23N3O4. The summed E-state index contributed by atoms with van der Waals surface area (Å²) >= 11 is 0. The van der Waals surface area contributed by atoms with Crippen LogP contribution in [0, 0.1) is 12.8 Å². The summed E-state index contributed by atoms with van der Waals surface area (Å²) in [4.78, 5) is 34.6. The number of nitrogens with one attached hydrogen (secondary N) is 3. The molecule has 0 aromatic heterocycles. The summed E-state index contributed by atoms with van der Waals surface area (Å²) in [6.45, 7) is 5.20. The maximum atomic E-state index is 11.8. The number of anilines is 1. The Hall–Kier alpha value is -2.57. The van der Waals surface area contributed by atoms with Gasteiger partial charge in [0.1, 0.15) is 6.04 Å². The fraction of sp³-hybridized carbons (Fsp3) is 0.438. The zero-order chi connectivity index (χ0) is 17.4. The first-order valence-electron chi connectivity index (χ1n) is 7.47. The van der Waals surface area contributed by atoms with E-state index in [1.165, 1.54) is 0 Å². The number of hydrogen-bond donors (Lipinski definition) is 4. The SMILES string of the molecule is CC[C@H](C)[C@H](NC(=O)CNC(=O)Nc1cccc(C)c1)C(=O)O. The van der Waals surface area contributed by atoms with Gasteiger partial charge in [-0.3, -0.25) is 4.79 Å². The summed E-state index contributed by atoms with van der Waals surface area (Å²) in [6.07, 6.45) is 0.624. The summed E-state index contributed by atoms with van der Waals surface area (Å²) in [5.74, 6) is -1.83. The van der Waals surface area contributed by atoms with E-state index in [2.05, 4.69) is 16.0 Å². The lowest BCUT2D eigenvalue weighted by Crippen LogP contribution is -2.48. The highest BCUT2D eigenvalue weighted by atomic mass is 16.4. The van der Waals surface area contributed by atoms with Crippen molar-refractivity contribution in [2.24, 2.45) is 5.92 Å². The Morgan fingerprint density at radius 3 is 2.52 bits per heavy atom. The van der Waals surface area contributed by atoms with Crippen LogP contribution in [0.3, 0.4) is 0 Å². The Kier molecular flexibility index (Phi) is 7.05. The first kappa shape index (κ1) is 18.5. The molecule has 0 fully saturated rings. The molecule has 0 saturated heterocycles. The van der Waals surface area contributed by atoms with Gasteiger partial charge in [0, 0.05) is 5.69 Å². The van der Waals surface area contributed by atoms with Gasteiger partial charge in [0.15, 0.2) is 0 Å². The van der Waals surface area contributed by atoms with Gasteiger partial charge in [0.25, 0.3) is 0 Å². The Labute approximate surface area is 135 Å². The fourth-order valence-electron chi connectivity index (χ4n) is 1.97. The predicted octanol–water partition coefficient (Wildman–Crippen LogP) is 1.73. The molecule has 1 rings (SSSR count). The topological polar surface area (TPSA) is 108 Å². The maximum Gasteiger partial charge on any atom is 0.326 e. The number of hydrogen-bond acceptors (Lipinski definition) is 3. The van der Waals surface area contributed by atoms with Crippen molar-refractivity contribution in [3.63, 3.8) is 0 Å². The van der Waals surface area contributed by atoms with Crippen molar-refractivity contribution in [1.82, 2.24) is 10.6 Å². The molecule has 0 heterocycles. The summed E-state index contributed by atoms with van der Waals surface area (Å²) in [5.41, 5.74) is 1.62. The van der Waals surface area contributed by atoms with Crippen LogP contribution in [0.4, 0.5) is 10.5 Å². The van der Waals surface area contributed by atoms with Crippen LogP contribution in [0.1, 0.15) is 25.8 Å². The van der Waals surface area contributed by atoms with E-state index in [1.54, 1.807) is 25.1 Å². The molecule has 3 amide bonds. The minimum absolute atomic E-state index is 0.197. The van der Waals surface area contributed by atoms with Crippen LogP contribution >= 0.6 is 0 Å². The minimum Gasteiger partial charge on any atom is -0.480 e. The number of benzene rings is 1. The van der Waals surface area contributed by atoms with Crippen LogP contribution in [0.2, 0.25) is 0 Å². The molecule has 126 valence electrons. The summed E-state index contributed by atoms with van der Waals surface area (Å²) in [7, 11) is 0. The summed E-state index contributed by atoms with van der Waals surface area (Å²) < 4.78 is 0. The van der Waals surface area contributed by atoms with Crippen LogP contribution in [0.5, 0.6) is 0 Å². The van der Waals surface area contributed by atoms with Crippen molar-refractivity contribution in [2.75, 3.05) is 11.9 Å². The van der Waals surface area contributed by atoms with Crippen molar-refractivity contribution < 1.29 is 19.5 Å². The Morgan fingerprint density at radius 1 is 1.26 bits per heavy atom. The molecule has 7 heteroatoms. The number of aliphatic carboxylic acids is 1. The van der Waals surface area contributed by atoms with Gasteiger partial charge >= 0.3 is 12.0 Å². The third-order valence-corrected chi connectivity index (χ3v) is 3.48. The highest BCUT2D eigenvalue weighted by Gasteiger charge is 2.25. The number of amides is 3. The van der Waals surface area contributed by atoms with Gasteiger partial charge in [-0.05, 0) is 30.5 Å². The lowest BCUT2D eigenvalue weighted by molar-refractivity contribution is -0.143. The number of carbonyl (C=O) groups is 3. The first-order valence-corrected chi connectivity index (χ1v) is 7.47. The molecule has 23 heavy (non-hydrogen) atoms. The molecule has 0 radical (unpaired) electrons. The quantitative estimate of drug-likeness (QED) is 0.613. The second-order valence-electron chi connectivity index (χ2n) is 5.45. The molecule has 0 bridgehead atoms. The monoisotopic (exact) mass is 321 g/mol. The van der Waals surface area contributed by atoms with E-state index in [-0.39, 0.29) is 12.5 Å². The van der Waals surface area contributed by atoms with Gasteiger partial charge in [-0.25, -0.2) is 9.59 Å². The second kappa shape index (κ2) is 8.77. The molecule has 2 atom stereocenters. The molecule has 0 aliphatic carbocycles. The van der Waals surface area contributed by atoms with E-state index < -0.39 is 23.9 Å². The lowest BCUT2D eigenvalue weighted by Gasteiger charge is -2.20. The van der Waals surface area contributed by atoms with Crippen molar-refractivity contribution >= 4 is 23.6 Å². The predicted molar refractivity (Wildman–Crippen MR) is 87.2 cm³/mol. The second-order valence-corrected chi connectivity index (χ2v) is 5.45. The number of urea groups is 1. The van der Waals surface area contributed by atoms with E-state index in [1.807, 2.05) is 19.9 Å². The number of carboxylic acid groups (broad SMARTS) is 1.